The molecule has 2 fully saturated rings. The van der Waals surface area contributed by atoms with Crippen molar-refractivity contribution in [2.75, 3.05) is 29.9 Å². The Bertz CT molecular complexity index is 966. The summed E-state index contributed by atoms with van der Waals surface area (Å²) in [4.78, 5) is 31.7. The molecule has 4 rings (SSSR count). The van der Waals surface area contributed by atoms with Gasteiger partial charge in [-0.25, -0.2) is 4.98 Å². The van der Waals surface area contributed by atoms with Gasteiger partial charge in [0.05, 0.1) is 28.8 Å². The number of fused-ring (bicyclic) bond motifs is 1. The van der Waals surface area contributed by atoms with Gasteiger partial charge in [0.25, 0.3) is 0 Å². The molecule has 1 N–H and O–H groups in total. The molecule has 0 radical (unpaired) electrons. The van der Waals surface area contributed by atoms with Gasteiger partial charge in [-0.2, -0.15) is 0 Å². The Balaban J connectivity index is 1.45. The van der Waals surface area contributed by atoms with Crippen molar-refractivity contribution in [3.63, 3.8) is 0 Å². The highest BCUT2D eigenvalue weighted by Gasteiger charge is 2.27. The molecule has 0 spiro atoms. The molecule has 1 aromatic heterocycles. The molecule has 1 amide bonds. The predicted octanol–water partition coefficient (Wildman–Crippen LogP) is 5.58. The average molecular weight is 458 g/mol. The van der Waals surface area contributed by atoms with Gasteiger partial charge in [-0.1, -0.05) is 30.9 Å². The largest absolute Gasteiger partial charge is 0.466 e. The van der Waals surface area contributed by atoms with Crippen LogP contribution in [0.4, 0.5) is 11.5 Å². The zero-order valence-corrected chi connectivity index (χ0v) is 19.5. The number of carbonyl (C=O) groups is 2. The van der Waals surface area contributed by atoms with E-state index in [0.29, 0.717) is 29.7 Å². The van der Waals surface area contributed by atoms with Gasteiger partial charge in [-0.05, 0) is 62.8 Å². The van der Waals surface area contributed by atoms with Crippen LogP contribution in [0.1, 0.15) is 58.3 Å². The first-order valence-corrected chi connectivity index (χ1v) is 12.2. The second kappa shape index (κ2) is 10.5. The highest BCUT2D eigenvalue weighted by Crippen LogP contribution is 2.34. The van der Waals surface area contributed by atoms with Gasteiger partial charge < -0.3 is 15.0 Å². The lowest BCUT2D eigenvalue weighted by Gasteiger charge is -2.31. The number of rotatable bonds is 6. The van der Waals surface area contributed by atoms with Crippen LogP contribution in [-0.2, 0) is 14.3 Å². The van der Waals surface area contributed by atoms with Crippen molar-refractivity contribution in [2.45, 2.75) is 58.3 Å². The molecule has 2 aromatic rings. The van der Waals surface area contributed by atoms with E-state index >= 15 is 0 Å². The maximum absolute atomic E-state index is 12.7. The van der Waals surface area contributed by atoms with Crippen molar-refractivity contribution < 1.29 is 14.3 Å². The zero-order valence-electron chi connectivity index (χ0n) is 18.7. The number of hydrogen-bond acceptors (Lipinski definition) is 5. The van der Waals surface area contributed by atoms with Gasteiger partial charge in [0.1, 0.15) is 5.82 Å². The number of amides is 1. The minimum Gasteiger partial charge on any atom is -0.466 e. The predicted molar refractivity (Wildman–Crippen MR) is 128 cm³/mol. The second-order valence-corrected chi connectivity index (χ2v) is 9.34. The average Bonchev–Trinajstić information content (AvgIpc) is 2.81. The number of nitrogens with zero attached hydrogens (tertiary/aromatic N) is 2. The van der Waals surface area contributed by atoms with Crippen molar-refractivity contribution in [3.8, 4) is 0 Å². The van der Waals surface area contributed by atoms with Crippen LogP contribution in [0.2, 0.25) is 5.02 Å². The number of carbonyl (C=O) groups excluding carboxylic acids is 2. The maximum atomic E-state index is 12.7. The number of aromatic nitrogens is 1. The zero-order chi connectivity index (χ0) is 22.5. The lowest BCUT2D eigenvalue weighted by molar-refractivity contribution is -0.148. The number of pyridine rings is 1. The van der Waals surface area contributed by atoms with Gasteiger partial charge >= 0.3 is 5.97 Å². The summed E-state index contributed by atoms with van der Waals surface area (Å²) in [5, 5.41) is 4.43. The Labute approximate surface area is 194 Å². The van der Waals surface area contributed by atoms with Gasteiger partial charge in [0.2, 0.25) is 5.91 Å². The van der Waals surface area contributed by atoms with Crippen molar-refractivity contribution in [1.82, 2.24) is 4.98 Å². The van der Waals surface area contributed by atoms with Gasteiger partial charge in [0.15, 0.2) is 0 Å². The van der Waals surface area contributed by atoms with Crippen LogP contribution in [0.25, 0.3) is 10.9 Å². The highest BCUT2D eigenvalue weighted by atomic mass is 35.5. The van der Waals surface area contributed by atoms with Crippen molar-refractivity contribution in [3.05, 3.63) is 29.3 Å². The molecule has 1 aliphatic carbocycles. The second-order valence-electron chi connectivity index (χ2n) is 8.93. The van der Waals surface area contributed by atoms with Crippen molar-refractivity contribution in [1.29, 1.82) is 0 Å². The van der Waals surface area contributed by atoms with E-state index in [2.05, 4.69) is 10.2 Å². The summed E-state index contributed by atoms with van der Waals surface area (Å²) in [6, 6.07) is 7.64. The van der Waals surface area contributed by atoms with E-state index in [0.717, 1.165) is 55.5 Å². The standard InChI is InChI=1S/C25H32ClN3O3/c1-2-32-25(31)18-12-14-29(15-13-18)22-11-8-19-21(27-22)10-9-20(26)24(19)28-23(30)16-17-6-4-3-5-7-17/h8-11,17-18H,2-7,12-16H2,1H3,(H,28,30). The first-order chi connectivity index (χ1) is 15.5. The molecule has 0 bridgehead atoms. The molecule has 1 saturated carbocycles. The van der Waals surface area contributed by atoms with E-state index in [1.54, 1.807) is 6.07 Å². The monoisotopic (exact) mass is 457 g/mol. The van der Waals surface area contributed by atoms with E-state index in [4.69, 9.17) is 21.3 Å². The molecule has 1 saturated heterocycles. The van der Waals surface area contributed by atoms with E-state index in [1.165, 1.54) is 19.3 Å². The molecule has 1 aliphatic heterocycles. The smallest absolute Gasteiger partial charge is 0.309 e. The third-order valence-electron chi connectivity index (χ3n) is 6.71. The summed E-state index contributed by atoms with van der Waals surface area (Å²) in [5.41, 5.74) is 1.44. The topological polar surface area (TPSA) is 71.5 Å². The summed E-state index contributed by atoms with van der Waals surface area (Å²) in [6.45, 7) is 3.79. The van der Waals surface area contributed by atoms with Crippen molar-refractivity contribution in [2.24, 2.45) is 11.8 Å². The molecule has 32 heavy (non-hydrogen) atoms. The number of ether oxygens (including phenoxy) is 1. The highest BCUT2D eigenvalue weighted by molar-refractivity contribution is 6.35. The summed E-state index contributed by atoms with van der Waals surface area (Å²) in [6.07, 6.45) is 8.06. The lowest BCUT2D eigenvalue weighted by Crippen LogP contribution is -2.37. The molecule has 7 heteroatoms. The Morgan fingerprint density at radius 1 is 1.09 bits per heavy atom. The van der Waals surface area contributed by atoms with E-state index in [-0.39, 0.29) is 17.8 Å². The minimum atomic E-state index is -0.0955. The van der Waals surface area contributed by atoms with E-state index in [1.807, 2.05) is 25.1 Å². The van der Waals surface area contributed by atoms with Crippen LogP contribution in [0.3, 0.4) is 0 Å². The normalized spacial score (nSPS) is 18.0. The van der Waals surface area contributed by atoms with Crippen LogP contribution < -0.4 is 10.2 Å². The van der Waals surface area contributed by atoms with Gasteiger partial charge in [0, 0.05) is 24.9 Å². The van der Waals surface area contributed by atoms with Gasteiger partial charge in [-0.3, -0.25) is 9.59 Å². The maximum Gasteiger partial charge on any atom is 0.309 e. The van der Waals surface area contributed by atoms with Crippen LogP contribution in [-0.4, -0.2) is 36.6 Å². The molecular weight excluding hydrogens is 426 g/mol. The molecule has 1 aromatic carbocycles. The quantitative estimate of drug-likeness (QED) is 0.573. The number of benzene rings is 1. The van der Waals surface area contributed by atoms with Crippen LogP contribution >= 0.6 is 11.6 Å². The van der Waals surface area contributed by atoms with Crippen molar-refractivity contribution >= 4 is 45.9 Å². The number of esters is 1. The molecule has 2 aliphatic rings. The molecule has 2 heterocycles. The number of piperidine rings is 1. The first kappa shape index (κ1) is 22.8. The summed E-state index contributed by atoms with van der Waals surface area (Å²) >= 11 is 6.45. The minimum absolute atomic E-state index is 0.0245. The third kappa shape index (κ3) is 5.34. The van der Waals surface area contributed by atoms with Crippen LogP contribution in [0.15, 0.2) is 24.3 Å². The SMILES string of the molecule is CCOC(=O)C1CCN(c2ccc3c(NC(=O)CC4CCCCC4)c(Cl)ccc3n2)CC1. The molecule has 0 unspecified atom stereocenters. The molecule has 6 nitrogen and oxygen atoms in total. The Kier molecular flexibility index (Phi) is 7.51. The number of nitrogens with one attached hydrogen (secondary N) is 1. The summed E-state index contributed by atoms with van der Waals surface area (Å²) in [5.74, 6) is 1.25. The third-order valence-corrected chi connectivity index (χ3v) is 7.02. The molecular formula is C25H32ClN3O3. The lowest BCUT2D eigenvalue weighted by atomic mass is 9.87. The Hall–Kier alpha value is -2.34. The van der Waals surface area contributed by atoms with E-state index < -0.39 is 0 Å². The first-order valence-electron chi connectivity index (χ1n) is 11.9. The fourth-order valence-electron chi connectivity index (χ4n) is 4.92. The summed E-state index contributed by atoms with van der Waals surface area (Å²) in [7, 11) is 0. The summed E-state index contributed by atoms with van der Waals surface area (Å²) < 4.78 is 5.16. The fourth-order valence-corrected chi connectivity index (χ4v) is 5.13. The number of anilines is 2. The Morgan fingerprint density at radius 3 is 2.56 bits per heavy atom. The molecule has 0 atom stereocenters. The van der Waals surface area contributed by atoms with Crippen LogP contribution in [0, 0.1) is 11.8 Å². The number of hydrogen-bond donors (Lipinski definition) is 1. The Morgan fingerprint density at radius 2 is 1.84 bits per heavy atom. The fraction of sp³-hybridized carbons (Fsp3) is 0.560. The van der Waals surface area contributed by atoms with Gasteiger partial charge in [-0.15, -0.1) is 0 Å². The molecule has 172 valence electrons. The van der Waals surface area contributed by atoms with E-state index in [9.17, 15) is 9.59 Å². The van der Waals surface area contributed by atoms with Crippen LogP contribution in [0.5, 0.6) is 0 Å². The number of halogens is 1.